The van der Waals surface area contributed by atoms with E-state index in [1.807, 2.05) is 17.9 Å². The molecule has 130 heavy (non-hydrogen) atoms. The summed E-state index contributed by atoms with van der Waals surface area (Å²) in [5, 5.41) is 20.6. The van der Waals surface area contributed by atoms with E-state index in [1.54, 1.807) is 116 Å². The molecule has 4 aromatic heterocycles. The van der Waals surface area contributed by atoms with Crippen LogP contribution in [-0.2, 0) is 4.79 Å². The van der Waals surface area contributed by atoms with Crippen molar-refractivity contribution in [2.24, 2.45) is 33.8 Å². The largest absolute Gasteiger partial charge is 0.573 e. The number of methoxy groups -OCH3 is 2. The Hall–Kier alpha value is -12.7. The lowest BCUT2D eigenvalue weighted by atomic mass is 9.90. The van der Waals surface area contributed by atoms with Crippen LogP contribution in [0.15, 0.2) is 170 Å². The Morgan fingerprint density at radius 3 is 1.06 bits per heavy atom. The highest BCUT2D eigenvalue weighted by molar-refractivity contribution is 6.02. The number of hydrogen-bond donors (Lipinski definition) is 3. The number of hydrogen-bond acceptors (Lipinski definition) is 18. The SMILES string of the molecule is COc1ccn2nc(C)c(C(=O)NCC3CC34CCN(c3ccc(OC(F)(F)F)cc3)CC4)c2c1.COc1ccn2nc(C)c(C(=O)O)c2c1.NCC1CC12CCN(c1ccc(OC(F)(F)F)cc1)CC2.O=C1CCN(c2ccc(OC(F)(F)F)cc2)CC1.[C-]#[N+]C1CC12CCN(c1ccc(OC(F)(F)F)cc1)CC2.[C-]#[N+]C=C1CCN(c2ccc(OC(F)(F)F)cc2)CC1. The number of benzene rings is 5. The third-order valence-electron chi connectivity index (χ3n) is 24.7. The number of amides is 1. The molecule has 3 saturated carbocycles. The fourth-order valence-corrected chi connectivity index (χ4v) is 17.4. The molecule has 39 heteroatoms. The number of carbonyl (C=O) groups is 3. The van der Waals surface area contributed by atoms with Crippen molar-refractivity contribution in [1.82, 2.24) is 24.5 Å². The van der Waals surface area contributed by atoms with Crippen LogP contribution in [-0.4, -0.2) is 173 Å². The number of aryl methyl sites for hydroxylation is 2. The maximum atomic E-state index is 13.0. The smallest absolute Gasteiger partial charge is 0.497 e. The fourth-order valence-electron chi connectivity index (χ4n) is 17.4. The van der Waals surface area contributed by atoms with Crippen LogP contribution >= 0.6 is 0 Å². The molecular weight excluding hydrogens is 1740 g/mol. The van der Waals surface area contributed by atoms with Gasteiger partial charge in [0.2, 0.25) is 6.04 Å². The summed E-state index contributed by atoms with van der Waals surface area (Å²) in [6.07, 6.45) is -6.22. The van der Waals surface area contributed by atoms with Gasteiger partial charge in [-0.05, 0) is 241 Å². The average Bonchev–Trinajstić information content (AvgIpc) is 1.61. The van der Waals surface area contributed by atoms with Crippen molar-refractivity contribution < 1.29 is 119 Å². The molecule has 8 aliphatic rings. The highest BCUT2D eigenvalue weighted by atomic mass is 19.4. The Balaban J connectivity index is 0.000000144. The number of pyridine rings is 2. The van der Waals surface area contributed by atoms with E-state index in [4.69, 9.17) is 33.5 Å². The number of carbonyl (C=O) groups excluding carboxylic acids is 2. The minimum absolute atomic E-state index is 0.133. The summed E-state index contributed by atoms with van der Waals surface area (Å²) >= 11 is 0. The predicted octanol–water partition coefficient (Wildman–Crippen LogP) is 19.7. The van der Waals surface area contributed by atoms with Crippen molar-refractivity contribution in [2.45, 2.75) is 135 Å². The lowest BCUT2D eigenvalue weighted by molar-refractivity contribution is -0.275. The molecule has 5 aliphatic heterocycles. The lowest BCUT2D eigenvalue weighted by Crippen LogP contribution is -2.36. The Kier molecular flexibility index (Phi) is 30.1. The number of fused-ring (bicyclic) bond motifs is 2. The number of carboxylic acids is 1. The Morgan fingerprint density at radius 1 is 0.454 bits per heavy atom. The maximum absolute atomic E-state index is 13.0. The van der Waals surface area contributed by atoms with E-state index in [1.165, 1.54) is 78.7 Å². The monoisotopic (exact) mass is 1830 g/mol. The third kappa shape index (κ3) is 26.3. The van der Waals surface area contributed by atoms with Gasteiger partial charge in [0.1, 0.15) is 51.6 Å². The molecule has 3 aliphatic carbocycles. The number of rotatable bonds is 17. The Morgan fingerprint density at radius 2 is 0.762 bits per heavy atom. The summed E-state index contributed by atoms with van der Waals surface area (Å²) in [5.41, 5.74) is 15.3. The van der Waals surface area contributed by atoms with Crippen LogP contribution in [0.1, 0.15) is 116 Å². The number of halogens is 15. The van der Waals surface area contributed by atoms with Crippen molar-refractivity contribution in [3.05, 3.63) is 215 Å². The summed E-state index contributed by atoms with van der Waals surface area (Å²) in [4.78, 5) is 52.6. The molecule has 0 bridgehead atoms. The number of anilines is 5. The van der Waals surface area contributed by atoms with Gasteiger partial charge in [-0.2, -0.15) is 10.2 Å². The first kappa shape index (κ1) is 96.4. The molecule has 9 heterocycles. The van der Waals surface area contributed by atoms with Gasteiger partial charge in [-0.15, -0.1) is 65.9 Å². The van der Waals surface area contributed by atoms with E-state index < -0.39 is 37.8 Å². The van der Waals surface area contributed by atoms with Crippen molar-refractivity contribution in [2.75, 3.05) is 117 Å². The number of aromatic nitrogens is 4. The van der Waals surface area contributed by atoms with Crippen molar-refractivity contribution in [3.63, 3.8) is 0 Å². The van der Waals surface area contributed by atoms with Gasteiger partial charge in [0.05, 0.1) is 54.2 Å². The molecule has 24 nitrogen and oxygen atoms in total. The molecule has 696 valence electrons. The Bertz CT molecular complexity index is 5440. The topological polar surface area (TPSA) is 234 Å². The lowest BCUT2D eigenvalue weighted by Gasteiger charge is -2.34. The number of nitrogens with one attached hydrogen (secondary N) is 1. The van der Waals surface area contributed by atoms with Gasteiger partial charge in [0.25, 0.3) is 5.91 Å². The highest BCUT2D eigenvalue weighted by Gasteiger charge is 2.61. The zero-order valence-corrected chi connectivity index (χ0v) is 71.2. The van der Waals surface area contributed by atoms with E-state index in [0.29, 0.717) is 89.2 Å². The number of piperidine rings is 5. The molecule has 0 radical (unpaired) electrons. The van der Waals surface area contributed by atoms with Crippen molar-refractivity contribution >= 4 is 57.1 Å². The van der Waals surface area contributed by atoms with Crippen LogP contribution in [0, 0.1) is 55.1 Å². The van der Waals surface area contributed by atoms with E-state index in [0.717, 1.165) is 157 Å². The molecule has 17 rings (SSSR count). The zero-order chi connectivity index (χ0) is 93.7. The molecule has 3 atom stereocenters. The molecule has 4 N–H and O–H groups in total. The van der Waals surface area contributed by atoms with E-state index in [9.17, 15) is 80.2 Å². The minimum Gasteiger partial charge on any atom is -0.497 e. The van der Waals surface area contributed by atoms with Crippen LogP contribution < -0.4 is 68.7 Å². The first-order valence-electron chi connectivity index (χ1n) is 41.8. The van der Waals surface area contributed by atoms with E-state index in [-0.39, 0.29) is 62.9 Å². The summed E-state index contributed by atoms with van der Waals surface area (Å²) in [7, 11) is 3.12. The van der Waals surface area contributed by atoms with Gasteiger partial charge in [-0.25, -0.2) is 25.2 Å². The first-order chi connectivity index (χ1) is 61.6. The number of ketones is 1. The van der Waals surface area contributed by atoms with E-state index >= 15 is 0 Å². The average molecular weight is 1830 g/mol. The first-order valence-corrected chi connectivity index (χ1v) is 41.8. The number of nitrogens with two attached hydrogens (primary N) is 1. The number of ether oxygens (including phenoxy) is 7. The standard InChI is InChI=1S/C25H27F3N4O3.C15H15F3N2O.C15H19F3N2O.C14H13F3N2O.C12H12F3NO2.C10H10N2O3/c1-16-22(21-13-20(34-2)7-10-32(21)30-16)23(33)29-15-17-14-24(17)8-11-31(12-9-24)18-3-5-19(6-4-18)35-25(26,27)28;1-19-13-10-14(13)6-8-20(9-7-14)11-2-4-12(5-3-11)21-15(16,17)18;16-15(17,18)21-13-3-1-12(2-4-13)20-7-5-14(6-8-20)9-11(14)10-19;1-18-10-11-6-8-19(9-7-11)12-2-4-13(5-3-12)20-14(15,16)17;13-12(14,15)18-11-3-1-9(2-4-11)16-7-5-10(17)6-8-16;1-6-9(10(13)14)8-5-7(15-2)3-4-12(8)11-6/h3-7,10,13,17H,8-9,11-12,14-15H2,1-2H3,(H,29,33);2-5,13H,6-10H2;1-4,11H,5-10,19H2;2-5,10H,6-9H2;1-4H,5-8H2;3-5H,1-2H3,(H,13,14). The minimum atomic E-state index is -4.69. The van der Waals surface area contributed by atoms with Crippen molar-refractivity contribution in [1.29, 1.82) is 0 Å². The van der Waals surface area contributed by atoms with Crippen molar-refractivity contribution in [3.8, 4) is 40.2 Å². The summed E-state index contributed by atoms with van der Waals surface area (Å²) in [6.45, 7) is 26.7. The van der Waals surface area contributed by atoms with Gasteiger partial charge in [0, 0.05) is 144 Å². The quantitative estimate of drug-likeness (QED) is 0.0568. The normalized spacial score (nSPS) is 18.8. The summed E-state index contributed by atoms with van der Waals surface area (Å²) < 4.78 is 215. The van der Waals surface area contributed by atoms with Gasteiger partial charge in [-0.1, -0.05) is 5.57 Å². The molecule has 9 aromatic rings. The Labute approximate surface area is 738 Å². The van der Waals surface area contributed by atoms with Gasteiger partial charge < -0.3 is 78.7 Å². The van der Waals surface area contributed by atoms with E-state index in [2.05, 4.69) is 68.5 Å². The summed E-state index contributed by atoms with van der Waals surface area (Å²) in [6, 6.07) is 36.8. The second kappa shape index (κ2) is 40.5. The van der Waals surface area contributed by atoms with Crippen LogP contribution in [0.4, 0.5) is 94.3 Å². The van der Waals surface area contributed by atoms with Crippen LogP contribution in [0.25, 0.3) is 20.7 Å². The molecule has 8 fully saturated rings. The second-order valence-corrected chi connectivity index (χ2v) is 32.8. The number of aromatic carboxylic acids is 1. The number of Topliss-reactive ketones (excluding diaryl/α,β-unsaturated/α-hetero) is 1. The predicted molar refractivity (Wildman–Crippen MR) is 452 cm³/mol. The molecular formula is C91H96F15N13O11. The third-order valence-corrected chi connectivity index (χ3v) is 24.7. The second-order valence-electron chi connectivity index (χ2n) is 32.8. The zero-order valence-electron chi connectivity index (χ0n) is 71.2. The fraction of sp³-hybridized carbons (Fsp3) is 0.440. The van der Waals surface area contributed by atoms with Crippen LogP contribution in [0.3, 0.4) is 0 Å². The van der Waals surface area contributed by atoms with Crippen LogP contribution in [0.5, 0.6) is 40.2 Å². The highest BCUT2D eigenvalue weighted by Crippen LogP contribution is 2.61. The number of nitrogens with zero attached hydrogens (tertiary/aromatic N) is 11. The molecule has 5 aromatic carbocycles. The molecule has 3 spiro atoms. The number of alkyl halides is 15. The number of carboxylic acid groups (broad SMARTS) is 1. The van der Waals surface area contributed by atoms with Gasteiger partial charge in [-0.3, -0.25) is 9.59 Å². The maximum Gasteiger partial charge on any atom is 0.573 e. The summed E-state index contributed by atoms with van der Waals surface area (Å²) in [5.74, 6) is 0.450. The molecule has 3 unspecified atom stereocenters. The van der Waals surface area contributed by atoms with Gasteiger partial charge >= 0.3 is 37.8 Å². The molecule has 1 amide bonds. The van der Waals surface area contributed by atoms with Gasteiger partial charge in [0.15, 0.2) is 6.20 Å². The van der Waals surface area contributed by atoms with Crippen LogP contribution in [0.2, 0.25) is 0 Å². The molecule has 5 saturated heterocycles.